The van der Waals surface area contributed by atoms with E-state index in [1.54, 1.807) is 0 Å². The van der Waals surface area contributed by atoms with Crippen molar-refractivity contribution in [2.75, 3.05) is 13.2 Å². The van der Waals surface area contributed by atoms with Crippen LogP contribution in [0.3, 0.4) is 0 Å². The highest BCUT2D eigenvalue weighted by Crippen LogP contribution is 2.29. The predicted octanol–water partition coefficient (Wildman–Crippen LogP) is 1.000. The topological polar surface area (TPSA) is 83.0 Å². The summed E-state index contributed by atoms with van der Waals surface area (Å²) in [6.45, 7) is 4.53. The lowest BCUT2D eigenvalue weighted by Gasteiger charge is -2.23. The lowest BCUT2D eigenvalue weighted by molar-refractivity contribution is -0.117. The molecule has 1 amide bonds. The zero-order valence-corrected chi connectivity index (χ0v) is 11.5. The molecule has 19 heavy (non-hydrogen) atoms. The average Bonchev–Trinajstić information content (AvgIpc) is 2.79. The first-order chi connectivity index (χ1) is 9.22. The maximum atomic E-state index is 11.1. The average molecular weight is 266 g/mol. The standard InChI is InChI=1S/C13H22N4O2/c1-2-3-6-17-13(10-4-7-19-8-5-10)11(15-16-17)9-12(14)18/h10H,2-9H2,1H3,(H2,14,18). The Morgan fingerprint density at radius 1 is 1.47 bits per heavy atom. The molecule has 1 aromatic rings. The Labute approximate surface area is 113 Å². The molecule has 0 aliphatic carbocycles. The second-order valence-corrected chi connectivity index (χ2v) is 5.03. The van der Waals surface area contributed by atoms with Crippen LogP contribution in [0.1, 0.15) is 49.9 Å². The van der Waals surface area contributed by atoms with E-state index in [2.05, 4.69) is 17.2 Å². The van der Waals surface area contributed by atoms with E-state index in [4.69, 9.17) is 10.5 Å². The summed E-state index contributed by atoms with van der Waals surface area (Å²) in [7, 11) is 0. The van der Waals surface area contributed by atoms with E-state index < -0.39 is 0 Å². The lowest BCUT2D eigenvalue weighted by Crippen LogP contribution is -2.21. The Balaban J connectivity index is 2.22. The van der Waals surface area contributed by atoms with E-state index in [9.17, 15) is 4.79 Å². The first-order valence-electron chi connectivity index (χ1n) is 7.00. The van der Waals surface area contributed by atoms with Gasteiger partial charge in [0.1, 0.15) is 0 Å². The van der Waals surface area contributed by atoms with E-state index >= 15 is 0 Å². The molecule has 0 saturated carbocycles. The number of carbonyl (C=O) groups excluding carboxylic acids is 1. The van der Waals surface area contributed by atoms with E-state index in [0.29, 0.717) is 5.92 Å². The van der Waals surface area contributed by atoms with Crippen molar-refractivity contribution in [3.63, 3.8) is 0 Å². The fourth-order valence-electron chi connectivity index (χ4n) is 2.54. The van der Waals surface area contributed by atoms with E-state index in [1.165, 1.54) is 0 Å². The number of primary amides is 1. The minimum atomic E-state index is -0.351. The molecule has 1 aliphatic heterocycles. The molecular formula is C13H22N4O2. The van der Waals surface area contributed by atoms with Crippen molar-refractivity contribution in [1.82, 2.24) is 15.0 Å². The van der Waals surface area contributed by atoms with Crippen LogP contribution in [0.15, 0.2) is 0 Å². The van der Waals surface area contributed by atoms with Crippen molar-refractivity contribution >= 4 is 5.91 Å². The number of ether oxygens (including phenoxy) is 1. The predicted molar refractivity (Wildman–Crippen MR) is 70.6 cm³/mol. The highest BCUT2D eigenvalue weighted by Gasteiger charge is 2.25. The van der Waals surface area contributed by atoms with Crippen LogP contribution in [0.4, 0.5) is 0 Å². The molecule has 6 heteroatoms. The number of nitrogens with zero attached hydrogens (tertiary/aromatic N) is 3. The van der Waals surface area contributed by atoms with Gasteiger partial charge in [-0.1, -0.05) is 18.6 Å². The number of amides is 1. The van der Waals surface area contributed by atoms with E-state index in [1.807, 2.05) is 4.68 Å². The number of hydrogen-bond donors (Lipinski definition) is 1. The number of unbranched alkanes of at least 4 members (excludes halogenated alkanes) is 1. The molecule has 1 fully saturated rings. The molecule has 2 rings (SSSR count). The highest BCUT2D eigenvalue weighted by atomic mass is 16.5. The molecule has 0 bridgehead atoms. The lowest BCUT2D eigenvalue weighted by atomic mass is 9.94. The van der Waals surface area contributed by atoms with Gasteiger partial charge in [-0.25, -0.2) is 4.68 Å². The Morgan fingerprint density at radius 3 is 2.84 bits per heavy atom. The van der Waals surface area contributed by atoms with Crippen molar-refractivity contribution < 1.29 is 9.53 Å². The summed E-state index contributed by atoms with van der Waals surface area (Å²) in [6, 6.07) is 0. The Bertz CT molecular complexity index is 424. The number of nitrogens with two attached hydrogens (primary N) is 1. The van der Waals surface area contributed by atoms with Crippen LogP contribution in [0.25, 0.3) is 0 Å². The van der Waals surface area contributed by atoms with Crippen LogP contribution in [-0.4, -0.2) is 34.1 Å². The molecule has 0 atom stereocenters. The van der Waals surface area contributed by atoms with Crippen LogP contribution in [0, 0.1) is 0 Å². The smallest absolute Gasteiger partial charge is 0.223 e. The Hall–Kier alpha value is -1.43. The van der Waals surface area contributed by atoms with Gasteiger partial charge in [0.05, 0.1) is 17.8 Å². The monoisotopic (exact) mass is 266 g/mol. The largest absolute Gasteiger partial charge is 0.381 e. The van der Waals surface area contributed by atoms with Crippen molar-refractivity contribution in [3.05, 3.63) is 11.4 Å². The van der Waals surface area contributed by atoms with Crippen molar-refractivity contribution in [2.45, 2.75) is 51.5 Å². The molecule has 0 aromatic carbocycles. The maximum Gasteiger partial charge on any atom is 0.223 e. The number of rotatable bonds is 6. The molecule has 2 N–H and O–H groups in total. The summed E-state index contributed by atoms with van der Waals surface area (Å²) in [5.74, 6) is 0.0332. The van der Waals surface area contributed by atoms with E-state index in [0.717, 1.165) is 56.8 Å². The minimum absolute atomic E-state index is 0.179. The summed E-state index contributed by atoms with van der Waals surface area (Å²) >= 11 is 0. The van der Waals surface area contributed by atoms with Gasteiger partial charge in [-0.15, -0.1) is 5.10 Å². The zero-order chi connectivity index (χ0) is 13.7. The van der Waals surface area contributed by atoms with Gasteiger partial charge < -0.3 is 10.5 Å². The Morgan fingerprint density at radius 2 is 2.21 bits per heavy atom. The quantitative estimate of drug-likeness (QED) is 0.832. The normalized spacial score (nSPS) is 16.7. The summed E-state index contributed by atoms with van der Waals surface area (Å²) in [5.41, 5.74) is 7.13. The second kappa shape index (κ2) is 6.65. The van der Waals surface area contributed by atoms with Crippen LogP contribution in [0.5, 0.6) is 0 Å². The summed E-state index contributed by atoms with van der Waals surface area (Å²) < 4.78 is 7.35. The van der Waals surface area contributed by atoms with Gasteiger partial charge in [0, 0.05) is 25.7 Å². The van der Waals surface area contributed by atoms with Crippen LogP contribution < -0.4 is 5.73 Å². The van der Waals surface area contributed by atoms with Crippen LogP contribution in [0.2, 0.25) is 0 Å². The Kier molecular flexibility index (Phi) is 4.90. The van der Waals surface area contributed by atoms with E-state index in [-0.39, 0.29) is 12.3 Å². The fourth-order valence-corrected chi connectivity index (χ4v) is 2.54. The summed E-state index contributed by atoms with van der Waals surface area (Å²) in [6.07, 6.45) is 4.28. The molecule has 1 saturated heterocycles. The number of aromatic nitrogens is 3. The molecule has 6 nitrogen and oxygen atoms in total. The third-order valence-corrected chi connectivity index (χ3v) is 3.52. The molecular weight excluding hydrogens is 244 g/mol. The van der Waals surface area contributed by atoms with Gasteiger partial charge in [0.25, 0.3) is 0 Å². The SMILES string of the molecule is CCCCn1nnc(CC(N)=O)c1C1CCOCC1. The first kappa shape index (κ1) is 14.0. The van der Waals surface area contributed by atoms with Crippen LogP contribution in [-0.2, 0) is 22.5 Å². The van der Waals surface area contributed by atoms with Gasteiger partial charge in [-0.3, -0.25) is 4.79 Å². The first-order valence-corrected chi connectivity index (χ1v) is 7.00. The molecule has 1 aromatic heterocycles. The zero-order valence-electron chi connectivity index (χ0n) is 11.5. The van der Waals surface area contributed by atoms with Gasteiger partial charge in [0.2, 0.25) is 5.91 Å². The number of hydrogen-bond acceptors (Lipinski definition) is 4. The molecule has 0 radical (unpaired) electrons. The van der Waals surface area contributed by atoms with Crippen LogP contribution >= 0.6 is 0 Å². The van der Waals surface area contributed by atoms with Gasteiger partial charge >= 0.3 is 0 Å². The highest BCUT2D eigenvalue weighted by molar-refractivity contribution is 5.76. The maximum absolute atomic E-state index is 11.1. The van der Waals surface area contributed by atoms with Crippen molar-refractivity contribution in [3.8, 4) is 0 Å². The van der Waals surface area contributed by atoms with Gasteiger partial charge in [0.15, 0.2) is 0 Å². The summed E-state index contributed by atoms with van der Waals surface area (Å²) in [4.78, 5) is 11.1. The van der Waals surface area contributed by atoms with Crippen molar-refractivity contribution in [1.29, 1.82) is 0 Å². The van der Waals surface area contributed by atoms with Gasteiger partial charge in [-0.05, 0) is 19.3 Å². The number of carbonyl (C=O) groups is 1. The van der Waals surface area contributed by atoms with Gasteiger partial charge in [-0.2, -0.15) is 0 Å². The molecule has 106 valence electrons. The third kappa shape index (κ3) is 3.53. The molecule has 0 unspecified atom stereocenters. The molecule has 1 aliphatic rings. The fraction of sp³-hybridized carbons (Fsp3) is 0.769. The molecule has 2 heterocycles. The third-order valence-electron chi connectivity index (χ3n) is 3.52. The van der Waals surface area contributed by atoms with Crippen molar-refractivity contribution in [2.24, 2.45) is 5.73 Å². The summed E-state index contributed by atoms with van der Waals surface area (Å²) in [5, 5.41) is 8.36. The second-order valence-electron chi connectivity index (χ2n) is 5.03. The number of aryl methyl sites for hydroxylation is 1. The minimum Gasteiger partial charge on any atom is -0.381 e. The molecule has 0 spiro atoms.